The number of rotatable bonds is 8. The normalized spacial score (nSPS) is 19.6. The van der Waals surface area contributed by atoms with Crippen LogP contribution in [0.4, 0.5) is 0 Å². The van der Waals surface area contributed by atoms with Gasteiger partial charge in [-0.3, -0.25) is 9.59 Å². The molecule has 1 aliphatic heterocycles. The van der Waals surface area contributed by atoms with Crippen LogP contribution in [0.5, 0.6) is 5.75 Å². The number of halogens is 2. The third-order valence-corrected chi connectivity index (χ3v) is 8.84. The predicted octanol–water partition coefficient (Wildman–Crippen LogP) is 4.61. The Hall–Kier alpha value is -3.11. The Balaban J connectivity index is 1.75. The van der Waals surface area contributed by atoms with Gasteiger partial charge in [0, 0.05) is 16.6 Å². The fraction of sp³-hybridized carbons (Fsp3) is 0.259. The Bertz CT molecular complexity index is 1410. The van der Waals surface area contributed by atoms with Crippen LogP contribution in [-0.4, -0.2) is 44.9 Å². The van der Waals surface area contributed by atoms with Gasteiger partial charge in [-0.25, -0.2) is 8.42 Å². The summed E-state index contributed by atoms with van der Waals surface area (Å²) in [7, 11) is -1.50. The first-order chi connectivity index (χ1) is 18.1. The van der Waals surface area contributed by atoms with Crippen molar-refractivity contribution in [3.8, 4) is 5.75 Å². The molecule has 1 N–H and O–H groups in total. The van der Waals surface area contributed by atoms with Crippen molar-refractivity contribution in [3.63, 3.8) is 0 Å². The van der Waals surface area contributed by atoms with Crippen molar-refractivity contribution in [1.82, 2.24) is 9.62 Å². The van der Waals surface area contributed by atoms with Crippen molar-refractivity contribution >= 4 is 45.1 Å². The van der Waals surface area contributed by atoms with Crippen LogP contribution in [0.2, 0.25) is 10.0 Å². The minimum atomic E-state index is -4.28. The monoisotopic (exact) mass is 576 g/mol. The maximum Gasteiger partial charge on any atom is 0.310 e. The summed E-state index contributed by atoms with van der Waals surface area (Å²) >= 11 is 12.2. The first kappa shape index (κ1) is 27.9. The quantitative estimate of drug-likeness (QED) is 0.393. The van der Waals surface area contributed by atoms with Gasteiger partial charge in [0.15, 0.2) is 0 Å². The molecule has 3 aromatic rings. The number of esters is 1. The first-order valence-electron chi connectivity index (χ1n) is 11.7. The van der Waals surface area contributed by atoms with Crippen molar-refractivity contribution < 1.29 is 27.5 Å². The lowest BCUT2D eigenvalue weighted by Crippen LogP contribution is -2.46. The number of methoxy groups -OCH3 is 2. The van der Waals surface area contributed by atoms with E-state index in [1.165, 1.54) is 31.4 Å². The van der Waals surface area contributed by atoms with Crippen LogP contribution in [0.1, 0.15) is 23.6 Å². The number of benzene rings is 3. The molecule has 0 bridgehead atoms. The summed E-state index contributed by atoms with van der Waals surface area (Å²) in [4.78, 5) is 26.4. The molecular formula is C27H26Cl2N2O6S. The Morgan fingerprint density at radius 2 is 1.66 bits per heavy atom. The lowest BCUT2D eigenvalue weighted by molar-refractivity contribution is -0.146. The molecule has 0 aromatic heterocycles. The Kier molecular flexibility index (Phi) is 8.62. The number of sulfonamides is 1. The second kappa shape index (κ2) is 11.7. The van der Waals surface area contributed by atoms with Crippen LogP contribution < -0.4 is 10.1 Å². The molecule has 1 aliphatic rings. The van der Waals surface area contributed by atoms with E-state index >= 15 is 0 Å². The van der Waals surface area contributed by atoms with Crippen molar-refractivity contribution in [3.05, 3.63) is 94.0 Å². The molecule has 3 aromatic carbocycles. The molecule has 1 heterocycles. The highest BCUT2D eigenvalue weighted by molar-refractivity contribution is 7.89. The summed E-state index contributed by atoms with van der Waals surface area (Å²) in [5.41, 5.74) is 1.26. The summed E-state index contributed by atoms with van der Waals surface area (Å²) in [5, 5.41) is 3.54. The van der Waals surface area contributed by atoms with Crippen LogP contribution in [0, 0.1) is 5.92 Å². The van der Waals surface area contributed by atoms with E-state index < -0.39 is 39.9 Å². The number of hydrogen-bond donors (Lipinski definition) is 1. The van der Waals surface area contributed by atoms with Gasteiger partial charge in [-0.05, 0) is 66.1 Å². The number of ether oxygens (including phenoxy) is 2. The van der Waals surface area contributed by atoms with Crippen LogP contribution >= 0.6 is 23.2 Å². The molecule has 0 spiro atoms. The highest BCUT2D eigenvalue weighted by Crippen LogP contribution is 2.45. The number of amides is 1. The van der Waals surface area contributed by atoms with Crippen LogP contribution in [0.25, 0.3) is 0 Å². The number of nitrogens with one attached hydrogen (secondary N) is 1. The van der Waals surface area contributed by atoms with E-state index in [0.717, 1.165) is 9.87 Å². The number of hydrogen-bond acceptors (Lipinski definition) is 6. The Morgan fingerprint density at radius 3 is 2.26 bits per heavy atom. The molecule has 200 valence electrons. The molecule has 4 rings (SSSR count). The van der Waals surface area contributed by atoms with Crippen LogP contribution in [0.3, 0.4) is 0 Å². The minimum absolute atomic E-state index is 0.0626. The van der Waals surface area contributed by atoms with Crippen molar-refractivity contribution in [2.45, 2.75) is 29.9 Å². The second-order valence-corrected chi connectivity index (χ2v) is 11.5. The molecule has 1 saturated heterocycles. The fourth-order valence-corrected chi connectivity index (χ4v) is 6.74. The molecule has 11 heteroatoms. The Labute approximate surface area is 231 Å². The molecule has 1 amide bonds. The minimum Gasteiger partial charge on any atom is -0.497 e. The van der Waals surface area contributed by atoms with Crippen LogP contribution in [-0.2, 0) is 30.9 Å². The maximum atomic E-state index is 14.0. The van der Waals surface area contributed by atoms with Gasteiger partial charge in [-0.15, -0.1) is 0 Å². The molecular weight excluding hydrogens is 551 g/mol. The van der Waals surface area contributed by atoms with E-state index in [4.69, 9.17) is 32.7 Å². The van der Waals surface area contributed by atoms with Gasteiger partial charge in [0.25, 0.3) is 0 Å². The van der Waals surface area contributed by atoms with E-state index in [0.29, 0.717) is 21.4 Å². The number of carbonyl (C=O) groups is 2. The summed E-state index contributed by atoms with van der Waals surface area (Å²) in [6.07, 6.45) is -0.0783. The van der Waals surface area contributed by atoms with Gasteiger partial charge < -0.3 is 14.8 Å². The second-order valence-electron chi connectivity index (χ2n) is 8.74. The summed E-state index contributed by atoms with van der Waals surface area (Å²) in [5.74, 6) is -1.45. The largest absolute Gasteiger partial charge is 0.497 e. The van der Waals surface area contributed by atoms with E-state index in [2.05, 4.69) is 5.32 Å². The number of carbonyl (C=O) groups excluding carboxylic acids is 2. The SMILES string of the molecule is COC(=O)C1CC(C(=O)NCc2ccc(OC)cc2)N(S(=O)(=O)c2ccc(Cl)cc2)C1c1cccc(Cl)c1. The Morgan fingerprint density at radius 1 is 0.974 bits per heavy atom. The van der Waals surface area contributed by atoms with Crippen molar-refractivity contribution in [1.29, 1.82) is 0 Å². The molecule has 38 heavy (non-hydrogen) atoms. The molecule has 1 fully saturated rings. The molecule has 3 unspecified atom stereocenters. The average Bonchev–Trinajstić information content (AvgIpc) is 3.34. The molecule has 8 nitrogen and oxygen atoms in total. The summed E-state index contributed by atoms with van der Waals surface area (Å²) in [6, 6.07) is 17.1. The summed E-state index contributed by atoms with van der Waals surface area (Å²) < 4.78 is 39.3. The van der Waals surface area contributed by atoms with E-state index in [1.807, 2.05) is 0 Å². The van der Waals surface area contributed by atoms with Gasteiger partial charge in [-0.2, -0.15) is 4.31 Å². The van der Waals surface area contributed by atoms with Gasteiger partial charge in [0.1, 0.15) is 11.8 Å². The summed E-state index contributed by atoms with van der Waals surface area (Å²) in [6.45, 7) is 0.152. The highest BCUT2D eigenvalue weighted by atomic mass is 35.5. The maximum absolute atomic E-state index is 14.0. The molecule has 0 aliphatic carbocycles. The number of nitrogens with zero attached hydrogens (tertiary/aromatic N) is 1. The molecule has 0 saturated carbocycles. The topological polar surface area (TPSA) is 102 Å². The predicted molar refractivity (Wildman–Crippen MR) is 143 cm³/mol. The lowest BCUT2D eigenvalue weighted by atomic mass is 9.93. The highest BCUT2D eigenvalue weighted by Gasteiger charge is 2.54. The van der Waals surface area contributed by atoms with Crippen LogP contribution in [0.15, 0.2) is 77.7 Å². The van der Waals surface area contributed by atoms with E-state index in [9.17, 15) is 18.0 Å². The standard InChI is InChI=1S/C27H26Cl2N2O6S/c1-36-21-10-6-17(7-11-21)16-30-26(32)24-15-23(27(33)37-2)25(18-4-3-5-20(29)14-18)31(24)38(34,35)22-12-8-19(28)9-13-22/h3-14,23-25H,15-16H2,1-2H3,(H,30,32). The lowest BCUT2D eigenvalue weighted by Gasteiger charge is -2.30. The first-order valence-corrected chi connectivity index (χ1v) is 13.9. The third-order valence-electron chi connectivity index (χ3n) is 6.45. The van der Waals surface area contributed by atoms with Gasteiger partial charge in [0.05, 0.1) is 31.1 Å². The van der Waals surface area contributed by atoms with E-state index in [1.54, 1.807) is 55.6 Å². The van der Waals surface area contributed by atoms with Gasteiger partial charge in [-0.1, -0.05) is 47.5 Å². The van der Waals surface area contributed by atoms with Gasteiger partial charge in [0.2, 0.25) is 15.9 Å². The zero-order valence-electron chi connectivity index (χ0n) is 20.6. The van der Waals surface area contributed by atoms with Gasteiger partial charge >= 0.3 is 5.97 Å². The van der Waals surface area contributed by atoms with E-state index in [-0.39, 0.29) is 17.9 Å². The molecule has 3 atom stereocenters. The molecule has 0 radical (unpaired) electrons. The average molecular weight is 577 g/mol. The zero-order valence-corrected chi connectivity index (χ0v) is 23.0. The van der Waals surface area contributed by atoms with Crippen molar-refractivity contribution in [2.24, 2.45) is 5.92 Å². The smallest absolute Gasteiger partial charge is 0.310 e. The fourth-order valence-electron chi connectivity index (χ4n) is 4.61. The zero-order chi connectivity index (χ0) is 27.4. The third kappa shape index (κ3) is 5.81. The van der Waals surface area contributed by atoms with Crippen molar-refractivity contribution in [2.75, 3.05) is 14.2 Å².